The monoisotopic (exact) mass is 492 g/mol. The van der Waals surface area contributed by atoms with Gasteiger partial charge in [0.1, 0.15) is 23.3 Å². The van der Waals surface area contributed by atoms with Crippen molar-refractivity contribution in [3.05, 3.63) is 83.7 Å². The Hall–Kier alpha value is -4.07. The number of aryl methyl sites for hydroxylation is 1. The molecule has 0 spiro atoms. The Morgan fingerprint density at radius 1 is 0.917 bits per heavy atom. The van der Waals surface area contributed by atoms with Crippen LogP contribution in [-0.2, 0) is 24.2 Å². The van der Waals surface area contributed by atoms with Gasteiger partial charge in [0.2, 0.25) is 0 Å². The van der Waals surface area contributed by atoms with Crippen molar-refractivity contribution in [1.82, 2.24) is 9.88 Å². The number of carboxylic acid groups (broad SMARTS) is 1. The maximum atomic E-state index is 12.9. The fourth-order valence-electron chi connectivity index (χ4n) is 3.61. The summed E-state index contributed by atoms with van der Waals surface area (Å²) in [5.74, 6) is 0.511. The quantitative estimate of drug-likeness (QED) is 0.374. The number of hydrogen-bond acceptors (Lipinski definition) is 6. The first kappa shape index (κ1) is 26.5. The average molecular weight is 493 g/mol. The number of carbonyl (C=O) groups excluding carboxylic acids is 1. The largest absolute Gasteiger partial charge is 0.497 e. The first-order valence-electron chi connectivity index (χ1n) is 11.9. The molecule has 8 nitrogen and oxygen atoms in total. The van der Waals surface area contributed by atoms with Crippen molar-refractivity contribution in [3.63, 3.8) is 0 Å². The molecule has 190 valence electrons. The molecular weight excluding hydrogens is 460 g/mol. The van der Waals surface area contributed by atoms with E-state index in [1.165, 1.54) is 10.5 Å². The normalized spacial score (nSPS) is 11.4. The summed E-state index contributed by atoms with van der Waals surface area (Å²) >= 11 is 0. The van der Waals surface area contributed by atoms with E-state index >= 15 is 0 Å². The molecule has 2 aromatic carbocycles. The number of aromatic nitrogens is 1. The average Bonchev–Trinajstić information content (AvgIpc) is 2.90. The molecule has 0 fully saturated rings. The molecule has 0 bridgehead atoms. The van der Waals surface area contributed by atoms with Crippen molar-refractivity contribution >= 4 is 12.1 Å². The molecule has 0 aliphatic heterocycles. The van der Waals surface area contributed by atoms with Gasteiger partial charge in [0, 0.05) is 24.9 Å². The van der Waals surface area contributed by atoms with Crippen molar-refractivity contribution in [2.24, 2.45) is 0 Å². The van der Waals surface area contributed by atoms with Crippen LogP contribution in [-0.4, -0.2) is 46.8 Å². The number of aliphatic carboxylic acids is 1. The Bertz CT molecular complexity index is 1110. The number of amides is 1. The number of nitrogens with zero attached hydrogens (tertiary/aromatic N) is 2. The van der Waals surface area contributed by atoms with E-state index in [1.54, 1.807) is 50.4 Å². The highest BCUT2D eigenvalue weighted by Crippen LogP contribution is 2.21. The van der Waals surface area contributed by atoms with Gasteiger partial charge >= 0.3 is 12.1 Å². The standard InChI is InChI=1S/C28H32N2O6/c1-4-20-6-9-22(29-18-20)16-17-35-24-10-7-21(8-11-24)19-30(26(5-2)27(31)32)28(33)36-25-14-12-23(34-3)13-15-25/h6-15,18,26H,4-5,16-17,19H2,1-3H3,(H,31,32). The van der Waals surface area contributed by atoms with Crippen molar-refractivity contribution in [2.45, 2.75) is 45.7 Å². The summed E-state index contributed by atoms with van der Waals surface area (Å²) in [7, 11) is 1.54. The third kappa shape index (κ3) is 7.46. The highest BCUT2D eigenvalue weighted by molar-refractivity contribution is 5.81. The van der Waals surface area contributed by atoms with Crippen molar-refractivity contribution in [3.8, 4) is 17.2 Å². The van der Waals surface area contributed by atoms with E-state index in [2.05, 4.69) is 18.0 Å². The predicted octanol–water partition coefficient (Wildman–Crippen LogP) is 5.14. The van der Waals surface area contributed by atoms with Crippen LogP contribution in [0.25, 0.3) is 0 Å². The minimum atomic E-state index is -1.09. The molecule has 1 heterocycles. The van der Waals surface area contributed by atoms with Crippen molar-refractivity contribution < 1.29 is 28.9 Å². The van der Waals surface area contributed by atoms with Gasteiger partial charge in [0.15, 0.2) is 0 Å². The number of rotatable bonds is 12. The van der Waals surface area contributed by atoms with Crippen molar-refractivity contribution in [2.75, 3.05) is 13.7 Å². The maximum Gasteiger partial charge on any atom is 0.416 e. The van der Waals surface area contributed by atoms with Crippen LogP contribution in [0.3, 0.4) is 0 Å². The van der Waals surface area contributed by atoms with Crippen LogP contribution in [0.15, 0.2) is 66.9 Å². The summed E-state index contributed by atoms with van der Waals surface area (Å²) in [5, 5.41) is 9.68. The van der Waals surface area contributed by atoms with Crippen LogP contribution in [0.4, 0.5) is 4.79 Å². The van der Waals surface area contributed by atoms with E-state index in [0.29, 0.717) is 30.3 Å². The smallest absolute Gasteiger partial charge is 0.416 e. The lowest BCUT2D eigenvalue weighted by atomic mass is 10.1. The van der Waals surface area contributed by atoms with Gasteiger partial charge < -0.3 is 19.3 Å². The van der Waals surface area contributed by atoms with E-state index in [1.807, 2.05) is 24.4 Å². The van der Waals surface area contributed by atoms with Gasteiger partial charge in [-0.3, -0.25) is 9.88 Å². The molecule has 1 amide bonds. The van der Waals surface area contributed by atoms with E-state index in [0.717, 1.165) is 17.7 Å². The highest BCUT2D eigenvalue weighted by atomic mass is 16.6. The fourth-order valence-corrected chi connectivity index (χ4v) is 3.61. The van der Waals surface area contributed by atoms with Gasteiger partial charge in [0.05, 0.1) is 13.7 Å². The molecule has 0 saturated heterocycles. The topological polar surface area (TPSA) is 98.2 Å². The second-order valence-corrected chi connectivity index (χ2v) is 8.19. The van der Waals surface area contributed by atoms with E-state index in [4.69, 9.17) is 14.2 Å². The zero-order valence-corrected chi connectivity index (χ0v) is 20.8. The summed E-state index contributed by atoms with van der Waals surface area (Å²) in [6, 6.07) is 16.8. The third-order valence-corrected chi connectivity index (χ3v) is 5.74. The Morgan fingerprint density at radius 3 is 2.11 bits per heavy atom. The molecule has 1 unspecified atom stereocenters. The van der Waals surface area contributed by atoms with Crippen LogP contribution in [0.2, 0.25) is 0 Å². The Morgan fingerprint density at radius 2 is 1.56 bits per heavy atom. The van der Waals surface area contributed by atoms with Crippen molar-refractivity contribution in [1.29, 1.82) is 0 Å². The SMILES string of the molecule is CCc1ccc(CCOc2ccc(CN(C(=O)Oc3ccc(OC)cc3)C(CC)C(=O)O)cc2)nc1. The van der Waals surface area contributed by atoms with Crippen LogP contribution in [0.5, 0.6) is 17.2 Å². The molecule has 1 N–H and O–H groups in total. The number of pyridine rings is 1. The lowest BCUT2D eigenvalue weighted by Gasteiger charge is -2.27. The van der Waals surface area contributed by atoms with Gasteiger partial charge in [-0.1, -0.05) is 32.0 Å². The molecular formula is C28H32N2O6. The van der Waals surface area contributed by atoms with Crippen LogP contribution >= 0.6 is 0 Å². The number of ether oxygens (including phenoxy) is 3. The summed E-state index contributed by atoms with van der Waals surface area (Å²) in [6.45, 7) is 4.37. The molecule has 0 aliphatic rings. The lowest BCUT2D eigenvalue weighted by Crippen LogP contribution is -2.45. The van der Waals surface area contributed by atoms with Crippen LogP contribution in [0, 0.1) is 0 Å². The molecule has 1 aromatic heterocycles. The van der Waals surface area contributed by atoms with Gasteiger partial charge in [-0.15, -0.1) is 0 Å². The fraction of sp³-hybridized carbons (Fsp3) is 0.321. The van der Waals surface area contributed by atoms with Gasteiger partial charge in [-0.2, -0.15) is 0 Å². The number of carboxylic acids is 1. The molecule has 0 saturated carbocycles. The number of carbonyl (C=O) groups is 2. The zero-order chi connectivity index (χ0) is 25.9. The minimum absolute atomic E-state index is 0.0772. The first-order valence-corrected chi connectivity index (χ1v) is 11.9. The molecule has 36 heavy (non-hydrogen) atoms. The second kappa shape index (κ2) is 13.1. The summed E-state index contributed by atoms with van der Waals surface area (Å²) < 4.78 is 16.4. The van der Waals surface area contributed by atoms with Crippen LogP contribution in [0.1, 0.15) is 37.1 Å². The predicted molar refractivity (Wildman–Crippen MR) is 136 cm³/mol. The molecule has 1 atom stereocenters. The Balaban J connectivity index is 1.62. The van der Waals surface area contributed by atoms with Gasteiger partial charge in [-0.25, -0.2) is 9.59 Å². The second-order valence-electron chi connectivity index (χ2n) is 8.19. The number of methoxy groups -OCH3 is 1. The van der Waals surface area contributed by atoms with E-state index in [9.17, 15) is 14.7 Å². The molecule has 3 rings (SSSR count). The molecule has 0 radical (unpaired) electrons. The van der Waals surface area contributed by atoms with Gasteiger partial charge in [-0.05, 0) is 66.4 Å². The Kier molecular flexibility index (Phi) is 9.68. The maximum absolute atomic E-state index is 12.9. The highest BCUT2D eigenvalue weighted by Gasteiger charge is 2.30. The minimum Gasteiger partial charge on any atom is -0.497 e. The van der Waals surface area contributed by atoms with E-state index in [-0.39, 0.29) is 13.0 Å². The molecule has 8 heteroatoms. The summed E-state index contributed by atoms with van der Waals surface area (Å²) in [6.07, 6.45) is 3.03. The van der Waals surface area contributed by atoms with E-state index < -0.39 is 18.1 Å². The lowest BCUT2D eigenvalue weighted by molar-refractivity contribution is -0.142. The first-order chi connectivity index (χ1) is 17.4. The van der Waals surface area contributed by atoms with Crippen LogP contribution < -0.4 is 14.2 Å². The summed E-state index contributed by atoms with van der Waals surface area (Å²) in [5.41, 5.74) is 2.92. The van der Waals surface area contributed by atoms with Gasteiger partial charge in [0.25, 0.3) is 0 Å². The third-order valence-electron chi connectivity index (χ3n) is 5.74. The Labute approximate surface area is 211 Å². The summed E-state index contributed by atoms with van der Waals surface area (Å²) in [4.78, 5) is 30.4. The molecule has 3 aromatic rings. The molecule has 0 aliphatic carbocycles. The zero-order valence-electron chi connectivity index (χ0n) is 20.8. The number of benzene rings is 2. The number of hydrogen-bond donors (Lipinski definition) is 1.